The van der Waals surface area contributed by atoms with Gasteiger partial charge < -0.3 is 4.90 Å². The van der Waals surface area contributed by atoms with Gasteiger partial charge in [0.05, 0.1) is 0 Å². The molecule has 4 rings (SSSR count). The topological polar surface area (TPSA) is 9.72 Å². The molecule has 1 unspecified atom stereocenters. The van der Waals surface area contributed by atoms with Crippen molar-refractivity contribution in [2.75, 3.05) is 21.1 Å². The molecule has 2 bridgehead atoms. The summed E-state index contributed by atoms with van der Waals surface area (Å²) in [6, 6.07) is 0. The Morgan fingerprint density at radius 2 is 0.872 bits per heavy atom. The van der Waals surface area contributed by atoms with Crippen LogP contribution in [0.2, 0.25) is 0 Å². The summed E-state index contributed by atoms with van der Waals surface area (Å²) < 4.78 is 0. The Bertz CT molecular complexity index is 761. The molecule has 0 radical (unpaired) electrons. The maximum Gasteiger partial charge on any atom is 0.0213 e. The minimum Gasteiger partial charge on any atom is -0.305 e. The Balaban J connectivity index is 0.000000595. The van der Waals surface area contributed by atoms with Crippen LogP contribution >= 0.6 is 0 Å². The molecule has 4 aliphatic rings. The average molecular weight is 552 g/mol. The summed E-state index contributed by atoms with van der Waals surface area (Å²) in [6.45, 7) is 44.9. The zero-order valence-corrected chi connectivity index (χ0v) is 30.5. The zero-order chi connectivity index (χ0) is 30.9. The lowest BCUT2D eigenvalue weighted by Crippen LogP contribution is -2.74. The van der Waals surface area contributed by atoms with Crippen LogP contribution in [0.3, 0.4) is 0 Å². The first-order valence-corrected chi connectivity index (χ1v) is 15.5. The molecule has 0 aromatic rings. The highest BCUT2D eigenvalue weighted by Crippen LogP contribution is 2.68. The van der Waals surface area contributed by atoms with Crippen molar-refractivity contribution in [1.29, 1.82) is 0 Å². The Labute approximate surface area is 249 Å². The van der Waals surface area contributed by atoms with Crippen LogP contribution in [0.1, 0.15) is 152 Å². The molecule has 4 heterocycles. The Hall–Kier alpha value is -0.120. The van der Waals surface area contributed by atoms with E-state index < -0.39 is 0 Å². The van der Waals surface area contributed by atoms with Gasteiger partial charge in [0.25, 0.3) is 0 Å². The van der Waals surface area contributed by atoms with Crippen molar-refractivity contribution in [2.45, 2.75) is 185 Å². The van der Waals surface area contributed by atoms with Crippen LogP contribution in [0.5, 0.6) is 0 Å². The predicted molar refractivity (Wildman–Crippen MR) is 179 cm³/mol. The van der Waals surface area contributed by atoms with Crippen LogP contribution in [-0.4, -0.2) is 69.1 Å². The summed E-state index contributed by atoms with van der Waals surface area (Å²) in [7, 11) is 6.42. The summed E-state index contributed by atoms with van der Waals surface area (Å²) >= 11 is 0. The van der Waals surface area contributed by atoms with Crippen molar-refractivity contribution >= 4 is 0 Å². The average Bonchev–Trinajstić information content (AvgIpc) is 2.90. The van der Waals surface area contributed by atoms with Crippen LogP contribution in [0, 0.1) is 28.6 Å². The third-order valence-corrected chi connectivity index (χ3v) is 11.0. The fourth-order valence-electron chi connectivity index (χ4n) is 9.01. The number of fused-ring (bicyclic) bond motifs is 1. The fourth-order valence-corrected chi connectivity index (χ4v) is 9.01. The zero-order valence-electron chi connectivity index (χ0n) is 30.5. The van der Waals surface area contributed by atoms with Gasteiger partial charge in [-0.2, -0.15) is 0 Å². The first kappa shape index (κ1) is 38.9. The van der Waals surface area contributed by atoms with Crippen molar-refractivity contribution in [2.24, 2.45) is 28.6 Å². The van der Waals surface area contributed by atoms with Gasteiger partial charge in [-0.15, -0.1) is 0 Å². The lowest BCUT2D eigenvalue weighted by molar-refractivity contribution is -0.168. The van der Waals surface area contributed by atoms with Crippen molar-refractivity contribution in [3.05, 3.63) is 0 Å². The summed E-state index contributed by atoms with van der Waals surface area (Å²) in [4.78, 5) is 7.47. The molecular formula is C36H77N3. The monoisotopic (exact) mass is 552 g/mol. The van der Waals surface area contributed by atoms with E-state index in [0.29, 0.717) is 44.1 Å². The van der Waals surface area contributed by atoms with Crippen LogP contribution in [0.15, 0.2) is 0 Å². The van der Waals surface area contributed by atoms with E-state index in [1.807, 2.05) is 0 Å². The third-order valence-electron chi connectivity index (χ3n) is 11.0. The van der Waals surface area contributed by atoms with Gasteiger partial charge in [0, 0.05) is 33.2 Å². The van der Waals surface area contributed by atoms with Crippen LogP contribution in [0.4, 0.5) is 0 Å². The second-order valence-electron chi connectivity index (χ2n) is 19.4. The van der Waals surface area contributed by atoms with Crippen molar-refractivity contribution in [1.82, 2.24) is 14.7 Å². The summed E-state index contributed by atoms with van der Waals surface area (Å²) in [5, 5.41) is 0. The Morgan fingerprint density at radius 3 is 1.08 bits per heavy atom. The summed E-state index contributed by atoms with van der Waals surface area (Å²) in [5.74, 6) is 2.47. The maximum absolute atomic E-state index is 2.77. The third kappa shape index (κ3) is 7.64. The molecular weight excluding hydrogens is 474 g/mol. The predicted octanol–water partition coefficient (Wildman–Crippen LogP) is 9.84. The normalized spacial score (nSPS) is 30.1. The van der Waals surface area contributed by atoms with Gasteiger partial charge in [-0.3, -0.25) is 9.80 Å². The smallest absolute Gasteiger partial charge is 0.0213 e. The van der Waals surface area contributed by atoms with Crippen LogP contribution < -0.4 is 0 Å². The van der Waals surface area contributed by atoms with Gasteiger partial charge >= 0.3 is 0 Å². The molecule has 4 aliphatic heterocycles. The van der Waals surface area contributed by atoms with E-state index in [1.54, 1.807) is 0 Å². The van der Waals surface area contributed by atoms with E-state index in [9.17, 15) is 0 Å². The van der Waals surface area contributed by atoms with Gasteiger partial charge in [-0.1, -0.05) is 49.0 Å². The number of hydrogen-bond acceptors (Lipinski definition) is 3. The molecule has 0 amide bonds. The highest BCUT2D eigenvalue weighted by Gasteiger charge is 2.75. The minimum atomic E-state index is 0. The molecule has 4 saturated heterocycles. The van der Waals surface area contributed by atoms with E-state index in [-0.39, 0.29) is 7.43 Å². The van der Waals surface area contributed by atoms with Crippen molar-refractivity contribution < 1.29 is 0 Å². The standard InChI is InChI=1S/C16H31N.C13H27N.C6H15N.CH4/c1-13(2,3)10-11-12-15(6,7)17(14(11,4)5)16(12,8)9;1-11(2,3)9-10-12(4,5)14(8)13(10,6)7;1-6(2,3)7(4)5;/h11-12H,10H2,1-9H3;10H,9H2,1-8H3;1-5H3;1H4. The first-order chi connectivity index (χ1) is 16.3. The largest absolute Gasteiger partial charge is 0.305 e. The van der Waals surface area contributed by atoms with Gasteiger partial charge in [0.2, 0.25) is 0 Å². The second kappa shape index (κ2) is 11.2. The molecule has 236 valence electrons. The summed E-state index contributed by atoms with van der Waals surface area (Å²) in [5.41, 5.74) is 3.09. The molecule has 0 N–H and O–H groups in total. The molecule has 0 spiro atoms. The SMILES string of the molecule is C.CC(C)(C)CC1C2C(C)(C)N(C1(C)C)C2(C)C.CN(C)C(C)(C)C.CN1C(C)(C)C(CC(C)(C)C)C1(C)C. The van der Waals surface area contributed by atoms with Crippen LogP contribution in [0.25, 0.3) is 0 Å². The van der Waals surface area contributed by atoms with E-state index >= 15 is 0 Å². The lowest BCUT2D eigenvalue weighted by Gasteiger charge is -2.67. The molecule has 3 nitrogen and oxygen atoms in total. The first-order valence-electron chi connectivity index (χ1n) is 15.5. The molecule has 39 heavy (non-hydrogen) atoms. The molecule has 1 atom stereocenters. The molecule has 3 heteroatoms. The minimum absolute atomic E-state index is 0. The molecule has 0 aromatic carbocycles. The van der Waals surface area contributed by atoms with Gasteiger partial charge in [0.1, 0.15) is 0 Å². The molecule has 0 aromatic heterocycles. The lowest BCUT2D eigenvalue weighted by atomic mass is 9.58. The second-order valence-corrected chi connectivity index (χ2v) is 19.4. The van der Waals surface area contributed by atoms with E-state index in [0.717, 1.165) is 17.8 Å². The Morgan fingerprint density at radius 1 is 0.564 bits per heavy atom. The number of likely N-dealkylation sites (tertiary alicyclic amines) is 1. The number of nitrogens with zero attached hydrogens (tertiary/aromatic N) is 3. The molecule has 4 fully saturated rings. The van der Waals surface area contributed by atoms with E-state index in [2.05, 4.69) is 167 Å². The quantitative estimate of drug-likeness (QED) is 0.338. The van der Waals surface area contributed by atoms with Crippen molar-refractivity contribution in [3.8, 4) is 0 Å². The van der Waals surface area contributed by atoms with E-state index in [1.165, 1.54) is 12.8 Å². The fraction of sp³-hybridized carbons (Fsp3) is 1.00. The number of rotatable bonds is 2. The summed E-state index contributed by atoms with van der Waals surface area (Å²) in [6.07, 6.45) is 2.66. The van der Waals surface area contributed by atoms with Gasteiger partial charge in [0.15, 0.2) is 0 Å². The van der Waals surface area contributed by atoms with Gasteiger partial charge in [-0.25, -0.2) is 0 Å². The van der Waals surface area contributed by atoms with Gasteiger partial charge in [-0.05, 0) is 153 Å². The van der Waals surface area contributed by atoms with E-state index in [4.69, 9.17) is 0 Å². The maximum atomic E-state index is 2.77. The molecule has 0 saturated carbocycles. The highest BCUT2D eigenvalue weighted by molar-refractivity contribution is 5.28. The molecule has 0 aliphatic carbocycles. The number of hydrogen-bond donors (Lipinski definition) is 0. The Kier molecular flexibility index (Phi) is 11.1. The van der Waals surface area contributed by atoms with Crippen LogP contribution in [-0.2, 0) is 0 Å². The van der Waals surface area contributed by atoms with Crippen molar-refractivity contribution in [3.63, 3.8) is 0 Å². The highest BCUT2D eigenvalue weighted by atomic mass is 15.4.